The summed E-state index contributed by atoms with van der Waals surface area (Å²) in [5.74, 6) is -0.823. The predicted octanol–water partition coefficient (Wildman–Crippen LogP) is 2.62. The number of pyridine rings is 1. The molecule has 1 aromatic carbocycles. The number of aromatic nitrogens is 1. The maximum absolute atomic E-state index is 13.5. The van der Waals surface area contributed by atoms with E-state index in [-0.39, 0.29) is 20.6 Å². The molecule has 0 amide bonds. The minimum atomic E-state index is -4.08. The van der Waals surface area contributed by atoms with Gasteiger partial charge in [-0.05, 0) is 24.3 Å². The van der Waals surface area contributed by atoms with Crippen LogP contribution in [0.1, 0.15) is 0 Å². The lowest BCUT2D eigenvalue weighted by Crippen LogP contribution is -2.16. The van der Waals surface area contributed by atoms with Crippen LogP contribution in [0.15, 0.2) is 40.2 Å². The van der Waals surface area contributed by atoms with Crippen molar-refractivity contribution in [3.63, 3.8) is 0 Å². The van der Waals surface area contributed by atoms with E-state index in [9.17, 15) is 17.6 Å². The maximum atomic E-state index is 13.5. The fraction of sp³-hybridized carbons (Fsp3) is 0. The van der Waals surface area contributed by atoms with E-state index < -0.39 is 21.4 Å². The van der Waals surface area contributed by atoms with Crippen LogP contribution in [-0.4, -0.2) is 13.4 Å². The van der Waals surface area contributed by atoms with Crippen molar-refractivity contribution in [2.45, 2.75) is 4.90 Å². The third-order valence-corrected chi connectivity index (χ3v) is 4.18. The molecule has 2 N–H and O–H groups in total. The summed E-state index contributed by atoms with van der Waals surface area (Å²) in [6, 6.07) is 4.46. The Morgan fingerprint density at radius 3 is 2.50 bits per heavy atom. The van der Waals surface area contributed by atoms with Crippen LogP contribution in [0.5, 0.6) is 0 Å². The molecule has 0 fully saturated rings. The van der Waals surface area contributed by atoms with Crippen LogP contribution in [0.4, 0.5) is 10.1 Å². The number of hydrogen-bond acceptors (Lipinski definition) is 3. The zero-order valence-electron chi connectivity index (χ0n) is 9.65. The molecule has 0 saturated heterocycles. The number of anilines is 1. The molecular weight excluding hydrogens is 330 g/mol. The van der Waals surface area contributed by atoms with Crippen molar-refractivity contribution in [1.29, 1.82) is 0 Å². The van der Waals surface area contributed by atoms with Gasteiger partial charge in [0.2, 0.25) is 0 Å². The Labute approximate surface area is 123 Å². The number of benzene rings is 1. The van der Waals surface area contributed by atoms with Crippen molar-refractivity contribution in [1.82, 2.24) is 4.98 Å². The van der Waals surface area contributed by atoms with Gasteiger partial charge >= 0.3 is 0 Å². The lowest BCUT2D eigenvalue weighted by Gasteiger charge is -2.09. The molecule has 0 spiro atoms. The summed E-state index contributed by atoms with van der Waals surface area (Å²) < 4.78 is 39.6. The van der Waals surface area contributed by atoms with Gasteiger partial charge in [0, 0.05) is 11.2 Å². The molecule has 1 aromatic heterocycles. The molecule has 0 aliphatic rings. The van der Waals surface area contributed by atoms with Crippen LogP contribution in [0, 0.1) is 5.82 Å². The van der Waals surface area contributed by atoms with E-state index in [2.05, 4.69) is 4.98 Å². The van der Waals surface area contributed by atoms with Gasteiger partial charge < -0.3 is 4.98 Å². The summed E-state index contributed by atoms with van der Waals surface area (Å²) in [6.45, 7) is 0. The van der Waals surface area contributed by atoms with E-state index in [4.69, 9.17) is 23.2 Å². The van der Waals surface area contributed by atoms with Crippen LogP contribution in [-0.2, 0) is 10.0 Å². The normalized spacial score (nSPS) is 11.3. The fourth-order valence-corrected chi connectivity index (χ4v) is 2.82. The predicted molar refractivity (Wildman–Crippen MR) is 74.3 cm³/mol. The lowest BCUT2D eigenvalue weighted by molar-refractivity contribution is 0.598. The van der Waals surface area contributed by atoms with Gasteiger partial charge in [0.05, 0.1) is 5.69 Å². The topological polar surface area (TPSA) is 79.0 Å². The first-order chi connectivity index (χ1) is 9.29. The van der Waals surface area contributed by atoms with Gasteiger partial charge in [-0.1, -0.05) is 23.2 Å². The quantitative estimate of drug-likeness (QED) is 0.904. The van der Waals surface area contributed by atoms with Crippen LogP contribution in [0.3, 0.4) is 0 Å². The van der Waals surface area contributed by atoms with Gasteiger partial charge in [0.25, 0.3) is 15.6 Å². The molecule has 0 aliphatic heterocycles. The Balaban J connectivity index is 2.40. The van der Waals surface area contributed by atoms with Crippen molar-refractivity contribution in [2.24, 2.45) is 0 Å². The van der Waals surface area contributed by atoms with Crippen molar-refractivity contribution in [3.05, 3.63) is 56.7 Å². The molecule has 9 heteroatoms. The average Bonchev–Trinajstić information content (AvgIpc) is 2.36. The smallest absolute Gasteiger partial charge is 0.266 e. The Morgan fingerprint density at radius 2 is 1.90 bits per heavy atom. The fourth-order valence-electron chi connectivity index (χ4n) is 1.37. The molecule has 2 rings (SSSR count). The van der Waals surface area contributed by atoms with Crippen LogP contribution in [0.25, 0.3) is 0 Å². The lowest BCUT2D eigenvalue weighted by atomic mass is 10.3. The van der Waals surface area contributed by atoms with Crippen molar-refractivity contribution < 1.29 is 12.8 Å². The third kappa shape index (κ3) is 3.12. The molecule has 2 aromatic rings. The van der Waals surface area contributed by atoms with Gasteiger partial charge in [0.1, 0.15) is 15.7 Å². The van der Waals surface area contributed by atoms with Crippen LogP contribution in [0.2, 0.25) is 10.0 Å². The molecule has 0 radical (unpaired) electrons. The second-order valence-corrected chi connectivity index (χ2v) is 6.27. The van der Waals surface area contributed by atoms with E-state index in [0.717, 1.165) is 18.3 Å². The van der Waals surface area contributed by atoms with E-state index in [0.29, 0.717) is 0 Å². The molecule has 0 bridgehead atoms. The Kier molecular flexibility index (Phi) is 4.03. The number of halogens is 3. The third-order valence-electron chi connectivity index (χ3n) is 2.32. The molecule has 0 saturated carbocycles. The monoisotopic (exact) mass is 336 g/mol. The largest absolute Gasteiger partial charge is 0.326 e. The van der Waals surface area contributed by atoms with Crippen LogP contribution >= 0.6 is 23.2 Å². The first-order valence-corrected chi connectivity index (χ1v) is 7.39. The Morgan fingerprint density at radius 1 is 1.20 bits per heavy atom. The minimum absolute atomic E-state index is 0.137. The Hall–Kier alpha value is -1.57. The summed E-state index contributed by atoms with van der Waals surface area (Å²) in [6.07, 6.45) is 0.963. The van der Waals surface area contributed by atoms with E-state index in [1.807, 2.05) is 4.72 Å². The summed E-state index contributed by atoms with van der Waals surface area (Å²) >= 11 is 11.1. The summed E-state index contributed by atoms with van der Waals surface area (Å²) in [5, 5.41) is -0.151. The molecule has 0 atom stereocenters. The first-order valence-electron chi connectivity index (χ1n) is 5.16. The number of H-pyrrole nitrogens is 1. The Bertz CT molecular complexity index is 821. The number of aromatic amines is 1. The highest BCUT2D eigenvalue weighted by Gasteiger charge is 2.17. The molecule has 0 aliphatic carbocycles. The molecule has 20 heavy (non-hydrogen) atoms. The molecule has 106 valence electrons. The second kappa shape index (κ2) is 5.43. The number of hydrogen-bond donors (Lipinski definition) is 2. The highest BCUT2D eigenvalue weighted by atomic mass is 35.5. The molecule has 5 nitrogen and oxygen atoms in total. The highest BCUT2D eigenvalue weighted by Crippen LogP contribution is 2.22. The van der Waals surface area contributed by atoms with Crippen LogP contribution < -0.4 is 10.3 Å². The SMILES string of the molecule is O=c1[nH]cc(S(=O)(=O)Nc2ccc(Cl)cc2F)cc1Cl. The molecule has 0 unspecified atom stereocenters. The van der Waals surface area contributed by atoms with E-state index >= 15 is 0 Å². The number of nitrogens with one attached hydrogen (secondary N) is 2. The summed E-state index contributed by atoms with van der Waals surface area (Å²) in [4.78, 5) is 12.9. The standard InChI is InChI=1S/C11H7Cl2FN2O3S/c12-6-1-2-10(9(14)3-6)16-20(18,19)7-4-8(13)11(17)15-5-7/h1-5,16H,(H,15,17). The van der Waals surface area contributed by atoms with Crippen molar-refractivity contribution in [3.8, 4) is 0 Å². The number of sulfonamides is 1. The summed E-state index contributed by atoms with van der Waals surface area (Å²) in [7, 11) is -4.08. The van der Waals surface area contributed by atoms with Gasteiger partial charge in [-0.3, -0.25) is 9.52 Å². The van der Waals surface area contributed by atoms with Crippen molar-refractivity contribution in [2.75, 3.05) is 4.72 Å². The number of rotatable bonds is 3. The molecule has 1 heterocycles. The zero-order valence-corrected chi connectivity index (χ0v) is 12.0. The zero-order chi connectivity index (χ0) is 14.9. The van der Waals surface area contributed by atoms with Gasteiger partial charge in [-0.15, -0.1) is 0 Å². The first kappa shape index (κ1) is 14.8. The van der Waals surface area contributed by atoms with Gasteiger partial charge in [-0.25, -0.2) is 12.8 Å². The average molecular weight is 337 g/mol. The van der Waals surface area contributed by atoms with E-state index in [1.54, 1.807) is 0 Å². The molecular formula is C11H7Cl2FN2O3S. The highest BCUT2D eigenvalue weighted by molar-refractivity contribution is 7.92. The van der Waals surface area contributed by atoms with Gasteiger partial charge in [-0.2, -0.15) is 0 Å². The van der Waals surface area contributed by atoms with Crippen molar-refractivity contribution >= 4 is 38.9 Å². The maximum Gasteiger partial charge on any atom is 0.266 e. The van der Waals surface area contributed by atoms with E-state index in [1.165, 1.54) is 12.1 Å². The minimum Gasteiger partial charge on any atom is -0.326 e. The van der Waals surface area contributed by atoms with Gasteiger partial charge in [0.15, 0.2) is 0 Å². The second-order valence-electron chi connectivity index (χ2n) is 3.74. The summed E-state index contributed by atoms with van der Waals surface area (Å²) in [5.41, 5.74) is -0.889.